The van der Waals surface area contributed by atoms with E-state index in [2.05, 4.69) is 10.0 Å². The molecule has 11 heteroatoms. The van der Waals surface area contributed by atoms with Gasteiger partial charge in [0.1, 0.15) is 35.6 Å². The smallest absolute Gasteiger partial charge is 0.355 e. The molecular formula is C19H20N4O6S. The molecule has 0 aromatic heterocycles. The van der Waals surface area contributed by atoms with E-state index in [1.165, 1.54) is 23.6 Å². The third-order valence-electron chi connectivity index (χ3n) is 4.70. The molecule has 0 saturated carbocycles. The number of hydrogen-bond donors (Lipinski definition) is 0. The first kappa shape index (κ1) is 21.5. The van der Waals surface area contributed by atoms with Crippen molar-refractivity contribution in [3.8, 4) is 5.75 Å². The topological polar surface area (TPSA) is 131 Å². The third kappa shape index (κ3) is 4.22. The van der Waals surface area contributed by atoms with Gasteiger partial charge >= 0.3 is 11.9 Å². The van der Waals surface area contributed by atoms with Crippen molar-refractivity contribution in [1.82, 2.24) is 4.90 Å². The van der Waals surface area contributed by atoms with Crippen LogP contribution >= 0.6 is 11.8 Å². The fraction of sp³-hybridized carbons (Fsp3) is 0.421. The van der Waals surface area contributed by atoms with Gasteiger partial charge in [0.2, 0.25) is 5.91 Å². The van der Waals surface area contributed by atoms with Crippen molar-refractivity contribution in [1.29, 1.82) is 0 Å². The van der Waals surface area contributed by atoms with Gasteiger partial charge in [-0.25, -0.2) is 4.79 Å². The lowest BCUT2D eigenvalue weighted by Gasteiger charge is -2.48. The van der Waals surface area contributed by atoms with Gasteiger partial charge in [0.15, 0.2) is 0 Å². The maximum Gasteiger partial charge on any atom is 0.355 e. The predicted octanol–water partition coefficient (Wildman–Crippen LogP) is 2.54. The highest BCUT2D eigenvalue weighted by Gasteiger charge is 2.54. The maximum absolute atomic E-state index is 12.9. The predicted molar refractivity (Wildman–Crippen MR) is 107 cm³/mol. The molecule has 1 unspecified atom stereocenters. The normalized spacial score (nSPS) is 21.0. The number of fused-ring (bicyclic) bond motifs is 1. The van der Waals surface area contributed by atoms with Crippen LogP contribution in [0.25, 0.3) is 10.4 Å². The molecule has 0 bridgehead atoms. The minimum absolute atomic E-state index is 0.0127. The first-order chi connectivity index (χ1) is 14.4. The van der Waals surface area contributed by atoms with E-state index in [0.29, 0.717) is 17.1 Å². The molecule has 1 amide bonds. The number of rotatable bonds is 7. The lowest BCUT2D eigenvalue weighted by molar-refractivity contribution is -0.152. The summed E-state index contributed by atoms with van der Waals surface area (Å²) in [6.07, 6.45) is -0.717. The van der Waals surface area contributed by atoms with Crippen LogP contribution in [0.1, 0.15) is 19.4 Å². The van der Waals surface area contributed by atoms with Gasteiger partial charge in [-0.05, 0) is 30.2 Å². The van der Waals surface area contributed by atoms with Crippen LogP contribution in [0.3, 0.4) is 0 Å². The molecule has 0 aliphatic carbocycles. The molecular weight excluding hydrogens is 412 g/mol. The number of esters is 2. The van der Waals surface area contributed by atoms with E-state index in [9.17, 15) is 14.4 Å². The summed E-state index contributed by atoms with van der Waals surface area (Å²) in [7, 11) is 1.55. The second kappa shape index (κ2) is 9.10. The SMILES string of the molecule is COc1ccc(COC(=O)C2=C(C(C)OC(C)=O)CS[C@@H]3[C@@H](N=[N+]=[N-])C(=O)N23)cc1. The summed E-state index contributed by atoms with van der Waals surface area (Å²) in [6, 6.07) is 6.12. The number of carbonyl (C=O) groups is 3. The number of nitrogens with zero attached hydrogens (tertiary/aromatic N) is 4. The average Bonchev–Trinajstić information content (AvgIpc) is 2.74. The Morgan fingerprint density at radius 3 is 2.67 bits per heavy atom. The first-order valence-electron chi connectivity index (χ1n) is 9.06. The highest BCUT2D eigenvalue weighted by Crippen LogP contribution is 2.43. The number of hydrogen-bond acceptors (Lipinski definition) is 8. The Labute approximate surface area is 176 Å². The number of β-lactam (4-membered cyclic amide) rings is 1. The van der Waals surface area contributed by atoms with Crippen molar-refractivity contribution in [2.45, 2.75) is 38.0 Å². The van der Waals surface area contributed by atoms with E-state index in [4.69, 9.17) is 19.7 Å². The fourth-order valence-electron chi connectivity index (χ4n) is 3.21. The van der Waals surface area contributed by atoms with Crippen molar-refractivity contribution in [3.05, 3.63) is 51.5 Å². The largest absolute Gasteiger partial charge is 0.497 e. The Kier molecular flexibility index (Phi) is 6.53. The zero-order valence-corrected chi connectivity index (χ0v) is 17.4. The molecule has 0 N–H and O–H groups in total. The first-order valence-corrected chi connectivity index (χ1v) is 10.1. The van der Waals surface area contributed by atoms with E-state index in [0.717, 1.165) is 5.56 Å². The molecule has 0 spiro atoms. The summed E-state index contributed by atoms with van der Waals surface area (Å²) in [5, 5.41) is 3.02. The molecule has 2 heterocycles. The standard InChI is InChI=1S/C19H20N4O6S/c1-10(29-11(2)24)14-9-30-18-15(21-22-20)17(25)23(18)16(14)19(26)28-8-12-4-6-13(27-3)7-5-12/h4-7,10,15,18H,8-9H2,1-3H3/t10?,15-,18+/m0/s1. The molecule has 158 valence electrons. The van der Waals surface area contributed by atoms with Crippen molar-refractivity contribution >= 4 is 29.6 Å². The third-order valence-corrected chi connectivity index (χ3v) is 5.99. The minimum Gasteiger partial charge on any atom is -0.497 e. The second-order valence-corrected chi connectivity index (χ2v) is 7.71. The van der Waals surface area contributed by atoms with Crippen molar-refractivity contribution in [2.24, 2.45) is 5.11 Å². The Balaban J connectivity index is 1.84. The van der Waals surface area contributed by atoms with Crippen LogP contribution < -0.4 is 4.74 Å². The highest BCUT2D eigenvalue weighted by atomic mass is 32.2. The summed E-state index contributed by atoms with van der Waals surface area (Å²) in [4.78, 5) is 40.8. The zero-order chi connectivity index (χ0) is 21.8. The van der Waals surface area contributed by atoms with E-state index in [1.807, 2.05) is 0 Å². The number of thioether (sulfide) groups is 1. The summed E-state index contributed by atoms with van der Waals surface area (Å²) in [5.74, 6) is -0.706. The molecule has 2 aliphatic rings. The second-order valence-electron chi connectivity index (χ2n) is 6.61. The van der Waals surface area contributed by atoms with Gasteiger partial charge in [-0.15, -0.1) is 11.8 Å². The van der Waals surface area contributed by atoms with Gasteiger partial charge in [-0.3, -0.25) is 14.5 Å². The Bertz CT molecular complexity index is 941. The zero-order valence-electron chi connectivity index (χ0n) is 16.6. The van der Waals surface area contributed by atoms with Gasteiger partial charge in [0.05, 0.1) is 7.11 Å². The van der Waals surface area contributed by atoms with E-state index >= 15 is 0 Å². The molecule has 3 rings (SSSR count). The highest BCUT2D eigenvalue weighted by molar-refractivity contribution is 8.00. The summed E-state index contributed by atoms with van der Waals surface area (Å²) < 4.78 is 15.8. The van der Waals surface area contributed by atoms with Crippen LogP contribution in [0.2, 0.25) is 0 Å². The average molecular weight is 432 g/mol. The van der Waals surface area contributed by atoms with Gasteiger partial charge in [0, 0.05) is 23.2 Å². The molecule has 1 fully saturated rings. The van der Waals surface area contributed by atoms with Gasteiger partial charge in [0.25, 0.3) is 0 Å². The number of benzene rings is 1. The molecule has 10 nitrogen and oxygen atoms in total. The monoisotopic (exact) mass is 432 g/mol. The van der Waals surface area contributed by atoms with E-state index in [1.54, 1.807) is 38.3 Å². The Morgan fingerprint density at radius 2 is 2.07 bits per heavy atom. The summed E-state index contributed by atoms with van der Waals surface area (Å²) in [5.41, 5.74) is 9.93. The molecule has 0 radical (unpaired) electrons. The Hall–Kier alpha value is -3.17. The number of methoxy groups -OCH3 is 1. The number of azide groups is 1. The number of ether oxygens (including phenoxy) is 3. The summed E-state index contributed by atoms with van der Waals surface area (Å²) in [6.45, 7) is 2.88. The molecule has 2 aliphatic heterocycles. The van der Waals surface area contributed by atoms with Crippen molar-refractivity contribution in [3.63, 3.8) is 0 Å². The van der Waals surface area contributed by atoms with Gasteiger partial charge in [-0.2, -0.15) is 0 Å². The molecule has 1 saturated heterocycles. The van der Waals surface area contributed by atoms with Crippen molar-refractivity contribution < 1.29 is 28.6 Å². The van der Waals surface area contributed by atoms with Crippen LogP contribution in [0.5, 0.6) is 5.75 Å². The van der Waals surface area contributed by atoms with Crippen LogP contribution in [-0.2, 0) is 30.5 Å². The van der Waals surface area contributed by atoms with Crippen LogP contribution in [-0.4, -0.2) is 53.1 Å². The van der Waals surface area contributed by atoms with Crippen LogP contribution in [0.4, 0.5) is 0 Å². The van der Waals surface area contributed by atoms with E-state index < -0.39 is 35.4 Å². The number of amides is 1. The Morgan fingerprint density at radius 1 is 1.37 bits per heavy atom. The van der Waals surface area contributed by atoms with Crippen molar-refractivity contribution in [2.75, 3.05) is 12.9 Å². The summed E-state index contributed by atoms with van der Waals surface area (Å²) >= 11 is 1.34. The lowest BCUT2D eigenvalue weighted by Crippen LogP contribution is -2.64. The molecule has 1 aromatic carbocycles. The molecule has 3 atom stereocenters. The van der Waals surface area contributed by atoms with Gasteiger partial charge < -0.3 is 14.2 Å². The van der Waals surface area contributed by atoms with E-state index in [-0.39, 0.29) is 12.3 Å². The quantitative estimate of drug-likeness (QED) is 0.213. The fourth-order valence-corrected chi connectivity index (χ4v) is 4.64. The molecule has 30 heavy (non-hydrogen) atoms. The van der Waals surface area contributed by atoms with Gasteiger partial charge in [-0.1, -0.05) is 17.2 Å². The number of carbonyl (C=O) groups excluding carboxylic acids is 3. The van der Waals surface area contributed by atoms with Crippen LogP contribution in [0.15, 0.2) is 40.6 Å². The molecule has 1 aromatic rings. The minimum atomic E-state index is -0.880. The van der Waals surface area contributed by atoms with Crippen LogP contribution in [0, 0.1) is 0 Å². The maximum atomic E-state index is 12.9. The lowest BCUT2D eigenvalue weighted by atomic mass is 10.0.